The Kier molecular flexibility index (Phi) is 2.46. The van der Waals surface area contributed by atoms with Gasteiger partial charge in [0.15, 0.2) is 0 Å². The molecule has 0 bridgehead atoms. The van der Waals surface area contributed by atoms with E-state index in [1.54, 1.807) is 6.07 Å². The lowest BCUT2D eigenvalue weighted by atomic mass is 10.2. The lowest BCUT2D eigenvalue weighted by molar-refractivity contribution is 0.366. The standard InChI is InChI=1S/C10H10N2O2/c11-7-8-2-1-3-9(6-8)14-10-4-5-13-12-10/h1-6H,7,11H2. The van der Waals surface area contributed by atoms with Crippen molar-refractivity contribution >= 4 is 0 Å². The molecule has 0 spiro atoms. The summed E-state index contributed by atoms with van der Waals surface area (Å²) in [6, 6.07) is 9.19. The van der Waals surface area contributed by atoms with E-state index in [2.05, 4.69) is 9.68 Å². The molecule has 0 saturated heterocycles. The van der Waals surface area contributed by atoms with Crippen molar-refractivity contribution in [1.82, 2.24) is 5.16 Å². The maximum atomic E-state index is 5.50. The molecule has 0 fully saturated rings. The van der Waals surface area contributed by atoms with E-state index >= 15 is 0 Å². The van der Waals surface area contributed by atoms with E-state index in [-0.39, 0.29) is 0 Å². The van der Waals surface area contributed by atoms with Crippen molar-refractivity contribution in [3.05, 3.63) is 42.2 Å². The summed E-state index contributed by atoms with van der Waals surface area (Å²) >= 11 is 0. The largest absolute Gasteiger partial charge is 0.436 e. The molecule has 1 aromatic carbocycles. The van der Waals surface area contributed by atoms with Crippen molar-refractivity contribution in [3.63, 3.8) is 0 Å². The van der Waals surface area contributed by atoms with Crippen LogP contribution >= 0.6 is 0 Å². The van der Waals surface area contributed by atoms with Crippen LogP contribution in [-0.4, -0.2) is 5.16 Å². The number of benzene rings is 1. The van der Waals surface area contributed by atoms with Crippen LogP contribution in [0.25, 0.3) is 0 Å². The summed E-state index contributed by atoms with van der Waals surface area (Å²) in [5, 5.41) is 3.64. The van der Waals surface area contributed by atoms with Crippen LogP contribution in [0.15, 0.2) is 41.1 Å². The van der Waals surface area contributed by atoms with Gasteiger partial charge in [0, 0.05) is 12.6 Å². The van der Waals surface area contributed by atoms with Crippen molar-refractivity contribution in [2.45, 2.75) is 6.54 Å². The van der Waals surface area contributed by atoms with Crippen LogP contribution in [-0.2, 0) is 6.54 Å². The third-order valence-corrected chi connectivity index (χ3v) is 1.77. The molecule has 0 unspecified atom stereocenters. The van der Waals surface area contributed by atoms with Crippen molar-refractivity contribution in [3.8, 4) is 11.6 Å². The average molecular weight is 190 g/mol. The summed E-state index contributed by atoms with van der Waals surface area (Å²) in [5.41, 5.74) is 6.52. The van der Waals surface area contributed by atoms with Gasteiger partial charge in [0.2, 0.25) is 0 Å². The molecule has 1 aromatic heterocycles. The molecule has 0 amide bonds. The van der Waals surface area contributed by atoms with Gasteiger partial charge in [-0.1, -0.05) is 12.1 Å². The first-order valence-electron chi connectivity index (χ1n) is 4.26. The van der Waals surface area contributed by atoms with Gasteiger partial charge in [0.05, 0.1) is 0 Å². The summed E-state index contributed by atoms with van der Waals surface area (Å²) in [5.74, 6) is 1.15. The fraction of sp³-hybridized carbons (Fsp3) is 0.100. The number of hydrogen-bond acceptors (Lipinski definition) is 4. The maximum Gasteiger partial charge on any atom is 0.259 e. The molecule has 0 aliphatic heterocycles. The van der Waals surface area contributed by atoms with Crippen LogP contribution in [0, 0.1) is 0 Å². The van der Waals surface area contributed by atoms with E-state index in [0.717, 1.165) is 5.56 Å². The van der Waals surface area contributed by atoms with Gasteiger partial charge < -0.3 is 15.0 Å². The minimum atomic E-state index is 0.444. The second-order valence-electron chi connectivity index (χ2n) is 2.79. The summed E-state index contributed by atoms with van der Waals surface area (Å²) in [6.45, 7) is 0.496. The predicted octanol–water partition coefficient (Wildman–Crippen LogP) is 1.93. The van der Waals surface area contributed by atoms with Gasteiger partial charge in [-0.05, 0) is 22.9 Å². The van der Waals surface area contributed by atoms with Crippen LogP contribution in [0.5, 0.6) is 11.6 Å². The second-order valence-corrected chi connectivity index (χ2v) is 2.79. The molecule has 0 atom stereocenters. The van der Waals surface area contributed by atoms with E-state index in [1.807, 2.05) is 24.3 Å². The van der Waals surface area contributed by atoms with E-state index in [4.69, 9.17) is 10.5 Å². The number of nitrogens with two attached hydrogens (primary N) is 1. The molecule has 2 aromatic rings. The molecule has 72 valence electrons. The Morgan fingerprint density at radius 2 is 2.29 bits per heavy atom. The van der Waals surface area contributed by atoms with Crippen molar-refractivity contribution in [1.29, 1.82) is 0 Å². The Labute approximate surface area is 81.3 Å². The first-order valence-corrected chi connectivity index (χ1v) is 4.26. The van der Waals surface area contributed by atoms with E-state index in [9.17, 15) is 0 Å². The zero-order valence-electron chi connectivity index (χ0n) is 7.51. The fourth-order valence-corrected chi connectivity index (χ4v) is 1.11. The van der Waals surface area contributed by atoms with E-state index < -0.39 is 0 Å². The first-order chi connectivity index (χ1) is 6.88. The molecule has 4 heteroatoms. The number of aromatic nitrogens is 1. The second kappa shape index (κ2) is 3.93. The normalized spacial score (nSPS) is 10.1. The third kappa shape index (κ3) is 1.92. The highest BCUT2D eigenvalue weighted by atomic mass is 16.5. The van der Waals surface area contributed by atoms with Gasteiger partial charge in [-0.25, -0.2) is 0 Å². The van der Waals surface area contributed by atoms with Gasteiger partial charge in [-0.2, -0.15) is 0 Å². The highest BCUT2D eigenvalue weighted by Gasteiger charge is 1.99. The molecule has 0 aliphatic carbocycles. The average Bonchev–Trinajstić information content (AvgIpc) is 2.71. The summed E-state index contributed by atoms with van der Waals surface area (Å²) in [4.78, 5) is 0. The van der Waals surface area contributed by atoms with E-state index in [1.165, 1.54) is 6.26 Å². The fourth-order valence-electron chi connectivity index (χ4n) is 1.11. The SMILES string of the molecule is NCc1cccc(Oc2ccon2)c1. The number of nitrogens with zero attached hydrogens (tertiary/aromatic N) is 1. The van der Waals surface area contributed by atoms with Gasteiger partial charge in [0.1, 0.15) is 12.0 Å². The Bertz CT molecular complexity index is 398. The third-order valence-electron chi connectivity index (χ3n) is 1.77. The van der Waals surface area contributed by atoms with Crippen molar-refractivity contribution in [2.24, 2.45) is 5.73 Å². The van der Waals surface area contributed by atoms with Gasteiger partial charge in [-0.3, -0.25) is 0 Å². The molecule has 0 aliphatic rings. The number of hydrogen-bond donors (Lipinski definition) is 1. The highest BCUT2D eigenvalue weighted by molar-refractivity contribution is 5.30. The number of rotatable bonds is 3. The van der Waals surface area contributed by atoms with Crippen LogP contribution in [0.2, 0.25) is 0 Å². The Morgan fingerprint density at radius 3 is 3.00 bits per heavy atom. The van der Waals surface area contributed by atoms with Crippen LogP contribution < -0.4 is 10.5 Å². The maximum absolute atomic E-state index is 5.50. The Morgan fingerprint density at radius 1 is 1.36 bits per heavy atom. The highest BCUT2D eigenvalue weighted by Crippen LogP contribution is 2.19. The number of ether oxygens (including phenoxy) is 1. The molecular weight excluding hydrogens is 180 g/mol. The topological polar surface area (TPSA) is 61.3 Å². The summed E-state index contributed by atoms with van der Waals surface area (Å²) in [6.07, 6.45) is 1.46. The predicted molar refractivity (Wildman–Crippen MR) is 50.9 cm³/mol. The Hall–Kier alpha value is -1.81. The smallest absolute Gasteiger partial charge is 0.259 e. The molecule has 4 nitrogen and oxygen atoms in total. The van der Waals surface area contributed by atoms with Crippen LogP contribution in [0.1, 0.15) is 5.56 Å². The van der Waals surface area contributed by atoms with Gasteiger partial charge in [0.25, 0.3) is 5.88 Å². The summed E-state index contributed by atoms with van der Waals surface area (Å²) in [7, 11) is 0. The lowest BCUT2D eigenvalue weighted by Crippen LogP contribution is -1.96. The molecule has 1 heterocycles. The van der Waals surface area contributed by atoms with Crippen LogP contribution in [0.4, 0.5) is 0 Å². The van der Waals surface area contributed by atoms with E-state index in [0.29, 0.717) is 18.2 Å². The molecule has 0 radical (unpaired) electrons. The molecule has 14 heavy (non-hydrogen) atoms. The van der Waals surface area contributed by atoms with Crippen LogP contribution in [0.3, 0.4) is 0 Å². The summed E-state index contributed by atoms with van der Waals surface area (Å²) < 4.78 is 10.0. The minimum Gasteiger partial charge on any atom is -0.436 e. The van der Waals surface area contributed by atoms with Gasteiger partial charge in [-0.15, -0.1) is 0 Å². The van der Waals surface area contributed by atoms with Crippen molar-refractivity contribution < 1.29 is 9.26 Å². The first kappa shape index (κ1) is 8.77. The quantitative estimate of drug-likeness (QED) is 0.803. The van der Waals surface area contributed by atoms with Gasteiger partial charge >= 0.3 is 0 Å². The molecule has 2 rings (SSSR count). The molecular formula is C10H10N2O2. The zero-order valence-corrected chi connectivity index (χ0v) is 7.51. The minimum absolute atomic E-state index is 0.444. The Balaban J connectivity index is 2.17. The molecule has 0 saturated carbocycles. The zero-order chi connectivity index (χ0) is 9.80. The monoisotopic (exact) mass is 190 g/mol. The van der Waals surface area contributed by atoms with Crippen molar-refractivity contribution in [2.75, 3.05) is 0 Å². The molecule has 2 N–H and O–H groups in total. The lowest BCUT2D eigenvalue weighted by Gasteiger charge is -2.02.